The van der Waals surface area contributed by atoms with Crippen LogP contribution >= 0.6 is 0 Å². The summed E-state index contributed by atoms with van der Waals surface area (Å²) in [5.41, 5.74) is 6.31. The zero-order valence-electron chi connectivity index (χ0n) is 11.3. The fraction of sp³-hybridized carbons (Fsp3) is 1.00. The molecule has 98 valence electrons. The Hall–Kier alpha value is -0.0800. The minimum atomic E-state index is 0.436. The van der Waals surface area contributed by atoms with Gasteiger partial charge in [-0.3, -0.25) is 0 Å². The summed E-state index contributed by atoms with van der Waals surface area (Å²) in [4.78, 5) is 2.72. The number of nitrogens with two attached hydrogens (primary N) is 1. The molecule has 2 saturated carbocycles. The Bertz CT molecular complexity index is 268. The SMILES string of the molecule is CC1(CN)CCN(CC2CC3CCC2C3)CC1. The van der Waals surface area contributed by atoms with Gasteiger partial charge in [-0.25, -0.2) is 0 Å². The first-order chi connectivity index (χ1) is 8.18. The highest BCUT2D eigenvalue weighted by atomic mass is 15.1. The lowest BCUT2D eigenvalue weighted by atomic mass is 9.80. The lowest BCUT2D eigenvalue weighted by Crippen LogP contribution is -2.44. The van der Waals surface area contributed by atoms with E-state index < -0.39 is 0 Å². The summed E-state index contributed by atoms with van der Waals surface area (Å²) >= 11 is 0. The highest BCUT2D eigenvalue weighted by Gasteiger charge is 2.40. The van der Waals surface area contributed by atoms with Crippen LogP contribution in [0, 0.1) is 23.2 Å². The summed E-state index contributed by atoms with van der Waals surface area (Å²) in [5, 5.41) is 0. The maximum atomic E-state index is 5.88. The van der Waals surface area contributed by atoms with Gasteiger partial charge in [0.05, 0.1) is 0 Å². The second kappa shape index (κ2) is 4.55. The van der Waals surface area contributed by atoms with Crippen LogP contribution in [-0.2, 0) is 0 Å². The Labute approximate surface area is 106 Å². The van der Waals surface area contributed by atoms with Crippen molar-refractivity contribution in [2.75, 3.05) is 26.2 Å². The molecule has 3 atom stereocenters. The van der Waals surface area contributed by atoms with Gasteiger partial charge in [0.25, 0.3) is 0 Å². The summed E-state index contributed by atoms with van der Waals surface area (Å²) in [6.45, 7) is 7.21. The molecule has 1 aliphatic heterocycles. The van der Waals surface area contributed by atoms with E-state index in [1.54, 1.807) is 6.42 Å². The molecule has 2 bridgehead atoms. The fourth-order valence-electron chi connectivity index (χ4n) is 4.41. The molecule has 0 aromatic carbocycles. The minimum Gasteiger partial charge on any atom is -0.330 e. The monoisotopic (exact) mass is 236 g/mol. The molecule has 0 aromatic heterocycles. The molecule has 0 radical (unpaired) electrons. The first-order valence-corrected chi connectivity index (χ1v) is 7.61. The van der Waals surface area contributed by atoms with Crippen LogP contribution < -0.4 is 5.73 Å². The molecule has 0 aromatic rings. The van der Waals surface area contributed by atoms with Crippen molar-refractivity contribution < 1.29 is 0 Å². The third-order valence-corrected chi connectivity index (χ3v) is 5.93. The molecule has 3 rings (SSSR count). The first-order valence-electron chi connectivity index (χ1n) is 7.61. The van der Waals surface area contributed by atoms with Crippen LogP contribution in [0.15, 0.2) is 0 Å². The van der Waals surface area contributed by atoms with Gasteiger partial charge in [0.1, 0.15) is 0 Å². The minimum absolute atomic E-state index is 0.436. The molecular weight excluding hydrogens is 208 g/mol. The number of hydrogen-bond acceptors (Lipinski definition) is 2. The largest absolute Gasteiger partial charge is 0.330 e. The van der Waals surface area contributed by atoms with Gasteiger partial charge >= 0.3 is 0 Å². The molecule has 1 heterocycles. The van der Waals surface area contributed by atoms with Crippen LogP contribution in [0.25, 0.3) is 0 Å². The van der Waals surface area contributed by atoms with Gasteiger partial charge in [0.2, 0.25) is 0 Å². The van der Waals surface area contributed by atoms with Gasteiger partial charge in [0.15, 0.2) is 0 Å². The highest BCUT2D eigenvalue weighted by molar-refractivity contribution is 4.92. The average molecular weight is 236 g/mol. The van der Waals surface area contributed by atoms with E-state index in [-0.39, 0.29) is 0 Å². The second-order valence-electron chi connectivity index (χ2n) is 7.25. The summed E-state index contributed by atoms with van der Waals surface area (Å²) in [6, 6.07) is 0. The van der Waals surface area contributed by atoms with Gasteiger partial charge in [-0.05, 0) is 74.9 Å². The van der Waals surface area contributed by atoms with Gasteiger partial charge in [-0.1, -0.05) is 13.3 Å². The highest BCUT2D eigenvalue weighted by Crippen LogP contribution is 2.48. The van der Waals surface area contributed by atoms with Crippen molar-refractivity contribution in [3.05, 3.63) is 0 Å². The molecule has 3 unspecified atom stereocenters. The van der Waals surface area contributed by atoms with Crippen LogP contribution in [0.3, 0.4) is 0 Å². The van der Waals surface area contributed by atoms with Crippen molar-refractivity contribution in [1.29, 1.82) is 0 Å². The Morgan fingerprint density at radius 1 is 1.18 bits per heavy atom. The normalized spacial score (nSPS) is 40.9. The molecule has 2 heteroatoms. The molecule has 2 nitrogen and oxygen atoms in total. The standard InChI is InChI=1S/C15H28N2/c1-15(11-16)4-6-17(7-5-15)10-14-9-12-2-3-13(14)8-12/h12-14H,2-11,16H2,1H3. The van der Waals surface area contributed by atoms with Crippen LogP contribution in [-0.4, -0.2) is 31.1 Å². The van der Waals surface area contributed by atoms with Gasteiger partial charge in [-0.15, -0.1) is 0 Å². The van der Waals surface area contributed by atoms with Gasteiger partial charge in [0, 0.05) is 6.54 Å². The predicted molar refractivity (Wildman–Crippen MR) is 71.8 cm³/mol. The zero-order chi connectivity index (χ0) is 11.9. The van der Waals surface area contributed by atoms with Crippen molar-refractivity contribution in [2.45, 2.75) is 45.4 Å². The van der Waals surface area contributed by atoms with Gasteiger partial charge in [-0.2, -0.15) is 0 Å². The number of piperidine rings is 1. The molecule has 2 N–H and O–H groups in total. The Morgan fingerprint density at radius 3 is 2.47 bits per heavy atom. The molecule has 17 heavy (non-hydrogen) atoms. The van der Waals surface area contributed by atoms with Crippen LogP contribution in [0.5, 0.6) is 0 Å². The van der Waals surface area contributed by atoms with E-state index in [2.05, 4.69) is 11.8 Å². The first kappa shape index (κ1) is 12.0. The second-order valence-corrected chi connectivity index (χ2v) is 7.25. The lowest BCUT2D eigenvalue weighted by molar-refractivity contribution is 0.0983. The van der Waals surface area contributed by atoms with Crippen LogP contribution in [0.2, 0.25) is 0 Å². The third-order valence-electron chi connectivity index (χ3n) is 5.93. The van der Waals surface area contributed by atoms with E-state index in [0.717, 1.165) is 24.3 Å². The van der Waals surface area contributed by atoms with E-state index in [1.807, 2.05) is 0 Å². The van der Waals surface area contributed by atoms with Crippen molar-refractivity contribution in [2.24, 2.45) is 28.9 Å². The molecule has 1 saturated heterocycles. The maximum absolute atomic E-state index is 5.88. The molecular formula is C15H28N2. The number of rotatable bonds is 3. The van der Waals surface area contributed by atoms with E-state index in [1.165, 1.54) is 51.7 Å². The maximum Gasteiger partial charge on any atom is 0.00124 e. The van der Waals surface area contributed by atoms with E-state index in [0.29, 0.717) is 5.41 Å². The zero-order valence-corrected chi connectivity index (χ0v) is 11.3. The van der Waals surface area contributed by atoms with Crippen molar-refractivity contribution in [3.63, 3.8) is 0 Å². The molecule has 2 aliphatic carbocycles. The number of nitrogens with zero attached hydrogens (tertiary/aromatic N) is 1. The summed E-state index contributed by atoms with van der Waals surface area (Å²) in [6.07, 6.45) is 8.78. The van der Waals surface area contributed by atoms with Crippen molar-refractivity contribution in [3.8, 4) is 0 Å². The predicted octanol–water partition coefficient (Wildman–Crippen LogP) is 2.48. The summed E-state index contributed by atoms with van der Waals surface area (Å²) < 4.78 is 0. The van der Waals surface area contributed by atoms with E-state index in [9.17, 15) is 0 Å². The Morgan fingerprint density at radius 2 is 1.94 bits per heavy atom. The van der Waals surface area contributed by atoms with Crippen molar-refractivity contribution in [1.82, 2.24) is 4.90 Å². The Balaban J connectivity index is 1.48. The Kier molecular flexibility index (Phi) is 3.20. The van der Waals surface area contributed by atoms with Crippen LogP contribution in [0.1, 0.15) is 45.4 Å². The molecule has 0 spiro atoms. The van der Waals surface area contributed by atoms with E-state index in [4.69, 9.17) is 5.73 Å². The number of hydrogen-bond donors (Lipinski definition) is 1. The quantitative estimate of drug-likeness (QED) is 0.816. The molecule has 0 amide bonds. The van der Waals surface area contributed by atoms with E-state index >= 15 is 0 Å². The fourth-order valence-corrected chi connectivity index (χ4v) is 4.41. The molecule has 3 aliphatic rings. The topological polar surface area (TPSA) is 29.3 Å². The summed E-state index contributed by atoms with van der Waals surface area (Å²) in [5.74, 6) is 3.22. The summed E-state index contributed by atoms with van der Waals surface area (Å²) in [7, 11) is 0. The smallest absolute Gasteiger partial charge is 0.00124 e. The molecule has 3 fully saturated rings. The number of likely N-dealkylation sites (tertiary alicyclic amines) is 1. The average Bonchev–Trinajstić information content (AvgIpc) is 2.94. The van der Waals surface area contributed by atoms with Crippen molar-refractivity contribution >= 4 is 0 Å². The lowest BCUT2D eigenvalue weighted by Gasteiger charge is -2.40. The van der Waals surface area contributed by atoms with Gasteiger partial charge < -0.3 is 10.6 Å². The third kappa shape index (κ3) is 2.39. The van der Waals surface area contributed by atoms with Crippen LogP contribution in [0.4, 0.5) is 0 Å². The number of fused-ring (bicyclic) bond motifs is 2.